The maximum Gasteiger partial charge on any atom is 0.325 e. The van der Waals surface area contributed by atoms with E-state index in [0.29, 0.717) is 32.8 Å². The number of aliphatic imine (C=N–C) groups is 1. The molecule has 1 unspecified atom stereocenters. The van der Waals surface area contributed by atoms with Crippen molar-refractivity contribution < 1.29 is 14.3 Å². The summed E-state index contributed by atoms with van der Waals surface area (Å²) in [6.07, 6.45) is 0. The van der Waals surface area contributed by atoms with E-state index in [9.17, 15) is 4.79 Å². The summed E-state index contributed by atoms with van der Waals surface area (Å²) in [5, 5.41) is 0. The van der Waals surface area contributed by atoms with Gasteiger partial charge in [-0.15, -0.1) is 0 Å². The highest BCUT2D eigenvalue weighted by Gasteiger charge is 2.28. The summed E-state index contributed by atoms with van der Waals surface area (Å²) in [6, 6.07) is 0.162. The fourth-order valence-corrected chi connectivity index (χ4v) is 1.92. The number of rotatable bonds is 6. The monoisotopic (exact) mass is 257 g/mol. The van der Waals surface area contributed by atoms with Crippen LogP contribution in [0.2, 0.25) is 0 Å². The van der Waals surface area contributed by atoms with Crippen LogP contribution in [-0.2, 0) is 9.47 Å². The van der Waals surface area contributed by atoms with Crippen LogP contribution in [0.4, 0.5) is 4.79 Å². The number of nitrogens with zero attached hydrogens (tertiary/aromatic N) is 3. The number of urea groups is 1. The molecule has 0 spiro atoms. The predicted molar refractivity (Wildman–Crippen MR) is 70.0 cm³/mol. The molecule has 0 N–H and O–H groups in total. The summed E-state index contributed by atoms with van der Waals surface area (Å²) in [5.74, 6) is 0.785. The fraction of sp³-hybridized carbons (Fsp3) is 0.833. The molecule has 1 aliphatic heterocycles. The molecule has 2 amide bonds. The third-order valence-electron chi connectivity index (χ3n) is 2.88. The first-order valence-electron chi connectivity index (χ1n) is 6.18. The molecule has 0 saturated heterocycles. The smallest absolute Gasteiger partial charge is 0.325 e. The van der Waals surface area contributed by atoms with Gasteiger partial charge in [0.2, 0.25) is 0 Å². The zero-order chi connectivity index (χ0) is 13.5. The van der Waals surface area contributed by atoms with Crippen LogP contribution >= 0.6 is 0 Å². The summed E-state index contributed by atoms with van der Waals surface area (Å²) in [4.78, 5) is 20.2. The number of methoxy groups -OCH3 is 2. The van der Waals surface area contributed by atoms with Crippen molar-refractivity contribution in [3.8, 4) is 0 Å². The average Bonchev–Trinajstić information content (AvgIpc) is 2.68. The van der Waals surface area contributed by atoms with Crippen molar-refractivity contribution in [2.24, 2.45) is 4.99 Å². The first-order chi connectivity index (χ1) is 8.60. The zero-order valence-electron chi connectivity index (χ0n) is 11.7. The van der Waals surface area contributed by atoms with Gasteiger partial charge in [-0.3, -0.25) is 9.89 Å². The lowest BCUT2D eigenvalue weighted by Crippen LogP contribution is -2.47. The molecular formula is C12H23N3O3. The van der Waals surface area contributed by atoms with Gasteiger partial charge in [0.1, 0.15) is 5.84 Å². The Morgan fingerprint density at radius 1 is 1.39 bits per heavy atom. The molecule has 1 atom stereocenters. The molecule has 0 aromatic rings. The van der Waals surface area contributed by atoms with Gasteiger partial charge in [-0.2, -0.15) is 0 Å². The molecule has 0 aromatic heterocycles. The maximum atomic E-state index is 12.4. The van der Waals surface area contributed by atoms with Gasteiger partial charge in [0, 0.05) is 27.3 Å². The molecule has 18 heavy (non-hydrogen) atoms. The molecule has 1 aliphatic rings. The Balaban J connectivity index is 2.60. The molecule has 6 nitrogen and oxygen atoms in total. The van der Waals surface area contributed by atoms with E-state index in [4.69, 9.17) is 9.47 Å². The second-order valence-corrected chi connectivity index (χ2v) is 4.39. The Hall–Kier alpha value is -1.14. The van der Waals surface area contributed by atoms with Crippen molar-refractivity contribution in [3.05, 3.63) is 0 Å². The number of amides is 2. The Labute approximate surface area is 109 Å². The lowest BCUT2D eigenvalue weighted by atomic mass is 10.3. The van der Waals surface area contributed by atoms with Crippen LogP contribution in [0.1, 0.15) is 13.8 Å². The number of carbonyl (C=O) groups excluding carboxylic acids is 1. The lowest BCUT2D eigenvalue weighted by molar-refractivity contribution is 0.114. The van der Waals surface area contributed by atoms with Crippen LogP contribution < -0.4 is 0 Å². The van der Waals surface area contributed by atoms with Crippen LogP contribution in [-0.4, -0.2) is 74.8 Å². The van der Waals surface area contributed by atoms with Crippen molar-refractivity contribution >= 4 is 11.9 Å². The minimum atomic E-state index is -0.0188. The molecule has 6 heteroatoms. The highest BCUT2D eigenvalue weighted by Crippen LogP contribution is 2.11. The van der Waals surface area contributed by atoms with Gasteiger partial charge >= 0.3 is 6.03 Å². The number of hydrogen-bond acceptors (Lipinski definition) is 4. The van der Waals surface area contributed by atoms with Gasteiger partial charge in [0.25, 0.3) is 0 Å². The molecule has 0 radical (unpaired) electrons. The Morgan fingerprint density at radius 2 is 1.94 bits per heavy atom. The van der Waals surface area contributed by atoms with E-state index in [-0.39, 0.29) is 12.1 Å². The molecule has 0 fully saturated rings. The van der Waals surface area contributed by atoms with Crippen LogP contribution in [0.3, 0.4) is 0 Å². The third-order valence-corrected chi connectivity index (χ3v) is 2.88. The van der Waals surface area contributed by atoms with Crippen molar-refractivity contribution in [1.82, 2.24) is 9.80 Å². The standard InChI is InChI=1S/C12H23N3O3/c1-10-9-15(11(2)13-10)12(16)14(5-7-17-3)6-8-18-4/h10H,5-9H2,1-4H3. The topological polar surface area (TPSA) is 54.4 Å². The zero-order valence-corrected chi connectivity index (χ0v) is 11.7. The van der Waals surface area contributed by atoms with Crippen LogP contribution in [0.5, 0.6) is 0 Å². The molecule has 104 valence electrons. The van der Waals surface area contributed by atoms with Crippen molar-refractivity contribution in [2.45, 2.75) is 19.9 Å². The lowest BCUT2D eigenvalue weighted by Gasteiger charge is -2.27. The normalized spacial score (nSPS) is 19.0. The van der Waals surface area contributed by atoms with E-state index in [1.807, 2.05) is 13.8 Å². The first kappa shape index (κ1) is 14.9. The van der Waals surface area contributed by atoms with E-state index in [1.54, 1.807) is 24.0 Å². The van der Waals surface area contributed by atoms with Crippen molar-refractivity contribution in [1.29, 1.82) is 0 Å². The second-order valence-electron chi connectivity index (χ2n) is 4.39. The third kappa shape index (κ3) is 3.96. The van der Waals surface area contributed by atoms with Crippen molar-refractivity contribution in [2.75, 3.05) is 47.1 Å². The van der Waals surface area contributed by atoms with Crippen LogP contribution in [0.25, 0.3) is 0 Å². The highest BCUT2D eigenvalue weighted by molar-refractivity contribution is 5.97. The predicted octanol–water partition coefficient (Wildman–Crippen LogP) is 0.824. The summed E-state index contributed by atoms with van der Waals surface area (Å²) < 4.78 is 10.1. The molecule has 0 saturated carbocycles. The van der Waals surface area contributed by atoms with Gasteiger partial charge < -0.3 is 14.4 Å². The average molecular weight is 257 g/mol. The van der Waals surface area contributed by atoms with E-state index >= 15 is 0 Å². The minimum Gasteiger partial charge on any atom is -0.383 e. The van der Waals surface area contributed by atoms with Crippen molar-refractivity contribution in [3.63, 3.8) is 0 Å². The Morgan fingerprint density at radius 3 is 2.33 bits per heavy atom. The first-order valence-corrected chi connectivity index (χ1v) is 6.18. The van der Waals surface area contributed by atoms with Crippen LogP contribution in [0, 0.1) is 0 Å². The van der Waals surface area contributed by atoms with E-state index in [1.165, 1.54) is 0 Å². The number of hydrogen-bond donors (Lipinski definition) is 0. The van der Waals surface area contributed by atoms with E-state index in [0.717, 1.165) is 5.84 Å². The van der Waals surface area contributed by atoms with Gasteiger partial charge in [0.05, 0.1) is 25.8 Å². The summed E-state index contributed by atoms with van der Waals surface area (Å²) in [6.45, 7) is 6.70. The number of amidine groups is 1. The molecule has 0 aromatic carbocycles. The molecule has 1 heterocycles. The van der Waals surface area contributed by atoms with E-state index in [2.05, 4.69) is 4.99 Å². The summed E-state index contributed by atoms with van der Waals surface area (Å²) >= 11 is 0. The van der Waals surface area contributed by atoms with E-state index < -0.39 is 0 Å². The van der Waals surface area contributed by atoms with Crippen LogP contribution in [0.15, 0.2) is 4.99 Å². The highest BCUT2D eigenvalue weighted by atomic mass is 16.5. The second kappa shape index (κ2) is 7.33. The summed E-state index contributed by atoms with van der Waals surface area (Å²) in [7, 11) is 3.26. The summed E-state index contributed by atoms with van der Waals surface area (Å²) in [5.41, 5.74) is 0. The SMILES string of the molecule is COCCN(CCOC)C(=O)N1CC(C)N=C1C. The minimum absolute atomic E-state index is 0.0188. The Bertz CT molecular complexity index is 299. The maximum absolute atomic E-state index is 12.4. The molecule has 0 aliphatic carbocycles. The fourth-order valence-electron chi connectivity index (χ4n) is 1.92. The number of carbonyl (C=O) groups is 1. The Kier molecular flexibility index (Phi) is 6.07. The van der Waals surface area contributed by atoms with Gasteiger partial charge in [0.15, 0.2) is 0 Å². The largest absolute Gasteiger partial charge is 0.383 e. The number of ether oxygens (including phenoxy) is 2. The molecule has 0 bridgehead atoms. The molecule has 1 rings (SSSR count). The van der Waals surface area contributed by atoms with Gasteiger partial charge in [-0.1, -0.05) is 0 Å². The quantitative estimate of drug-likeness (QED) is 0.708. The van der Waals surface area contributed by atoms with Gasteiger partial charge in [-0.25, -0.2) is 4.79 Å². The van der Waals surface area contributed by atoms with Gasteiger partial charge in [-0.05, 0) is 13.8 Å². The molecular weight excluding hydrogens is 234 g/mol.